The van der Waals surface area contributed by atoms with E-state index in [1.165, 1.54) is 6.07 Å². The Balaban J connectivity index is 3.27. The molecule has 1 N–H and O–H groups in total. The van der Waals surface area contributed by atoms with Crippen LogP contribution in [0.1, 0.15) is 17.7 Å². The van der Waals surface area contributed by atoms with E-state index in [0.717, 1.165) is 0 Å². The van der Waals surface area contributed by atoms with E-state index in [1.807, 2.05) is 6.07 Å². The van der Waals surface area contributed by atoms with E-state index in [1.54, 1.807) is 22.6 Å². The topological polar surface area (TPSA) is 56.6 Å². The molecule has 0 aromatic carbocycles. The van der Waals surface area contributed by atoms with E-state index in [4.69, 9.17) is 5.26 Å². The number of hydrogen-bond donors (Lipinski definition) is 1. The van der Waals surface area contributed by atoms with Crippen LogP contribution in [0.5, 0.6) is 0 Å². The standard InChI is InChI=1S/C8H5F2IN2O/c9-7(10)6-5(11)3-4(1-2-12)13-8(6)14/h3,7H,1H2,(H,13,14). The molecule has 0 aliphatic rings. The van der Waals surface area contributed by atoms with Crippen molar-refractivity contribution in [3.63, 3.8) is 0 Å². The molecule has 0 radical (unpaired) electrons. The van der Waals surface area contributed by atoms with Gasteiger partial charge in [0.2, 0.25) is 0 Å². The van der Waals surface area contributed by atoms with Gasteiger partial charge in [-0.15, -0.1) is 0 Å². The molecule has 0 saturated carbocycles. The largest absolute Gasteiger partial charge is 0.325 e. The molecule has 0 atom stereocenters. The van der Waals surface area contributed by atoms with Crippen molar-refractivity contribution in [3.8, 4) is 6.07 Å². The average molecular weight is 310 g/mol. The summed E-state index contributed by atoms with van der Waals surface area (Å²) in [5.74, 6) is 0. The number of nitrogens with one attached hydrogen (secondary N) is 1. The lowest BCUT2D eigenvalue weighted by Crippen LogP contribution is -2.17. The molecule has 3 nitrogen and oxygen atoms in total. The first-order valence-electron chi connectivity index (χ1n) is 3.63. The first-order valence-corrected chi connectivity index (χ1v) is 4.71. The van der Waals surface area contributed by atoms with Gasteiger partial charge >= 0.3 is 0 Å². The van der Waals surface area contributed by atoms with Gasteiger partial charge in [-0.3, -0.25) is 4.79 Å². The maximum absolute atomic E-state index is 12.3. The second-order valence-corrected chi connectivity index (χ2v) is 3.68. The number of rotatable bonds is 2. The zero-order chi connectivity index (χ0) is 10.7. The minimum atomic E-state index is -2.79. The summed E-state index contributed by atoms with van der Waals surface area (Å²) < 4.78 is 24.8. The van der Waals surface area contributed by atoms with Gasteiger partial charge in [0.1, 0.15) is 0 Å². The lowest BCUT2D eigenvalue weighted by atomic mass is 10.2. The highest BCUT2D eigenvalue weighted by atomic mass is 127. The molecule has 6 heteroatoms. The molecule has 0 aliphatic carbocycles. The van der Waals surface area contributed by atoms with Gasteiger partial charge in [0.05, 0.1) is 18.1 Å². The van der Waals surface area contributed by atoms with E-state index in [2.05, 4.69) is 4.98 Å². The van der Waals surface area contributed by atoms with Crippen molar-refractivity contribution in [2.45, 2.75) is 12.8 Å². The molecular weight excluding hydrogens is 305 g/mol. The minimum absolute atomic E-state index is 0.00869. The molecular formula is C8H5F2IN2O. The van der Waals surface area contributed by atoms with Gasteiger partial charge in [0.15, 0.2) is 0 Å². The van der Waals surface area contributed by atoms with E-state index in [-0.39, 0.29) is 9.99 Å². The number of alkyl halides is 2. The van der Waals surface area contributed by atoms with Crippen molar-refractivity contribution in [3.05, 3.63) is 31.2 Å². The maximum atomic E-state index is 12.3. The van der Waals surface area contributed by atoms with Crippen LogP contribution in [-0.2, 0) is 6.42 Å². The first kappa shape index (κ1) is 11.1. The first-order chi connectivity index (χ1) is 6.56. The highest BCUT2D eigenvalue weighted by molar-refractivity contribution is 14.1. The third kappa shape index (κ3) is 2.29. The number of hydrogen-bond acceptors (Lipinski definition) is 2. The Hall–Kier alpha value is -0.970. The Kier molecular flexibility index (Phi) is 3.57. The number of pyridine rings is 1. The Morgan fingerprint density at radius 2 is 2.29 bits per heavy atom. The molecule has 14 heavy (non-hydrogen) atoms. The zero-order valence-electron chi connectivity index (χ0n) is 6.85. The summed E-state index contributed by atoms with van der Waals surface area (Å²) in [6.07, 6.45) is -2.78. The van der Waals surface area contributed by atoms with Crippen LogP contribution in [0, 0.1) is 14.9 Å². The lowest BCUT2D eigenvalue weighted by molar-refractivity contribution is 0.148. The molecule has 0 saturated heterocycles. The molecule has 0 amide bonds. The summed E-state index contributed by atoms with van der Waals surface area (Å²) in [6.45, 7) is 0. The van der Waals surface area contributed by atoms with Gasteiger partial charge in [-0.2, -0.15) is 5.26 Å². The predicted molar refractivity (Wildman–Crippen MR) is 54.1 cm³/mol. The number of nitriles is 1. The van der Waals surface area contributed by atoms with Crippen molar-refractivity contribution in [2.24, 2.45) is 0 Å². The minimum Gasteiger partial charge on any atom is -0.325 e. The summed E-state index contributed by atoms with van der Waals surface area (Å²) in [5, 5.41) is 8.36. The van der Waals surface area contributed by atoms with Gasteiger partial charge in [0.25, 0.3) is 12.0 Å². The van der Waals surface area contributed by atoms with Gasteiger partial charge in [-0.05, 0) is 28.7 Å². The maximum Gasteiger partial charge on any atom is 0.270 e. The number of halogens is 3. The molecule has 0 aliphatic heterocycles. The smallest absolute Gasteiger partial charge is 0.270 e. The molecule has 0 bridgehead atoms. The zero-order valence-corrected chi connectivity index (χ0v) is 9.01. The van der Waals surface area contributed by atoms with Crippen LogP contribution in [0.4, 0.5) is 8.78 Å². The fourth-order valence-corrected chi connectivity index (χ4v) is 1.83. The fourth-order valence-electron chi connectivity index (χ4n) is 0.972. The third-order valence-electron chi connectivity index (χ3n) is 1.56. The van der Waals surface area contributed by atoms with Crippen LogP contribution >= 0.6 is 22.6 Å². The Bertz CT molecular complexity index is 436. The van der Waals surface area contributed by atoms with Crippen LogP contribution in [0.2, 0.25) is 0 Å². The second kappa shape index (κ2) is 4.50. The monoisotopic (exact) mass is 310 g/mol. The number of aromatic nitrogens is 1. The fraction of sp³-hybridized carbons (Fsp3) is 0.250. The normalized spacial score (nSPS) is 10.2. The molecule has 1 rings (SSSR count). The third-order valence-corrected chi connectivity index (χ3v) is 2.46. The lowest BCUT2D eigenvalue weighted by Gasteiger charge is -2.03. The average Bonchev–Trinajstić information content (AvgIpc) is 2.01. The summed E-state index contributed by atoms with van der Waals surface area (Å²) >= 11 is 1.66. The molecule has 0 unspecified atom stereocenters. The summed E-state index contributed by atoms with van der Waals surface area (Å²) in [4.78, 5) is 13.4. The Morgan fingerprint density at radius 3 is 2.71 bits per heavy atom. The molecule has 1 aromatic rings. The van der Waals surface area contributed by atoms with E-state index < -0.39 is 17.5 Å². The van der Waals surface area contributed by atoms with Gasteiger partial charge in [-0.1, -0.05) is 0 Å². The molecule has 0 fully saturated rings. The van der Waals surface area contributed by atoms with Crippen LogP contribution < -0.4 is 5.56 Å². The molecule has 0 spiro atoms. The number of nitrogens with zero attached hydrogens (tertiary/aromatic N) is 1. The Morgan fingerprint density at radius 1 is 1.64 bits per heavy atom. The Labute approximate surface area is 91.9 Å². The molecule has 74 valence electrons. The van der Waals surface area contributed by atoms with Gasteiger partial charge < -0.3 is 4.98 Å². The van der Waals surface area contributed by atoms with Crippen LogP contribution in [-0.4, -0.2) is 4.98 Å². The SMILES string of the molecule is N#CCc1cc(I)c(C(F)F)c(=O)[nH]1. The van der Waals surface area contributed by atoms with E-state index >= 15 is 0 Å². The van der Waals surface area contributed by atoms with Crippen LogP contribution in [0.15, 0.2) is 10.9 Å². The van der Waals surface area contributed by atoms with E-state index in [0.29, 0.717) is 5.69 Å². The number of H-pyrrole nitrogens is 1. The van der Waals surface area contributed by atoms with Crippen molar-refractivity contribution < 1.29 is 8.78 Å². The van der Waals surface area contributed by atoms with Crippen molar-refractivity contribution in [2.75, 3.05) is 0 Å². The van der Waals surface area contributed by atoms with Crippen LogP contribution in [0.3, 0.4) is 0 Å². The quantitative estimate of drug-likeness (QED) is 0.849. The highest BCUT2D eigenvalue weighted by Gasteiger charge is 2.16. The summed E-state index contributed by atoms with van der Waals surface area (Å²) in [6, 6.07) is 3.21. The van der Waals surface area contributed by atoms with Crippen molar-refractivity contribution >= 4 is 22.6 Å². The van der Waals surface area contributed by atoms with Crippen molar-refractivity contribution in [1.82, 2.24) is 4.98 Å². The van der Waals surface area contributed by atoms with Gasteiger partial charge in [-0.25, -0.2) is 8.78 Å². The van der Waals surface area contributed by atoms with Crippen LogP contribution in [0.25, 0.3) is 0 Å². The predicted octanol–water partition coefficient (Wildman–Crippen LogP) is 1.98. The van der Waals surface area contributed by atoms with Gasteiger partial charge in [0, 0.05) is 9.26 Å². The summed E-state index contributed by atoms with van der Waals surface area (Å²) in [5.41, 5.74) is -1.00. The highest BCUT2D eigenvalue weighted by Crippen LogP contribution is 2.20. The second-order valence-electron chi connectivity index (χ2n) is 2.52. The molecule has 1 aromatic heterocycles. The summed E-state index contributed by atoms with van der Waals surface area (Å²) in [7, 11) is 0. The van der Waals surface area contributed by atoms with Crippen molar-refractivity contribution in [1.29, 1.82) is 5.26 Å². The van der Waals surface area contributed by atoms with E-state index in [9.17, 15) is 13.6 Å². The molecule has 1 heterocycles. The number of aromatic amines is 1.